The van der Waals surface area contributed by atoms with Crippen LogP contribution in [0.2, 0.25) is 0 Å². The number of methoxy groups -OCH3 is 2. The van der Waals surface area contributed by atoms with Gasteiger partial charge < -0.3 is 24.6 Å². The second-order valence-electron chi connectivity index (χ2n) is 5.49. The van der Waals surface area contributed by atoms with Gasteiger partial charge in [-0.3, -0.25) is 4.79 Å². The maximum Gasteiger partial charge on any atom is 0.209 e. The fourth-order valence-electron chi connectivity index (χ4n) is 2.23. The van der Waals surface area contributed by atoms with Gasteiger partial charge in [0.1, 0.15) is 0 Å². The van der Waals surface area contributed by atoms with E-state index in [-0.39, 0.29) is 0 Å². The number of likely N-dealkylation sites (N-methyl/N-ethyl adjacent to an activating group) is 2. The van der Waals surface area contributed by atoms with Crippen molar-refractivity contribution in [1.82, 2.24) is 15.1 Å². The molecule has 1 fully saturated rings. The monoisotopic (exact) mass is 323 g/mol. The van der Waals surface area contributed by atoms with Crippen molar-refractivity contribution >= 4 is 6.41 Å². The molecule has 6 nitrogen and oxygen atoms in total. The number of hydrogen-bond donors (Lipinski definition) is 1. The van der Waals surface area contributed by atoms with E-state index in [0.717, 1.165) is 57.1 Å². The van der Waals surface area contributed by atoms with Crippen LogP contribution in [0, 0.1) is 0 Å². The van der Waals surface area contributed by atoms with Crippen molar-refractivity contribution in [2.24, 2.45) is 0 Å². The number of carbonyl (C=O) groups is 1. The molecule has 0 unspecified atom stereocenters. The van der Waals surface area contributed by atoms with E-state index in [9.17, 15) is 4.79 Å². The minimum absolute atomic E-state index is 0.778. The normalized spacial score (nSPS) is 14.7. The third-order valence-electron chi connectivity index (χ3n) is 3.80. The van der Waals surface area contributed by atoms with Gasteiger partial charge in [-0.15, -0.1) is 0 Å². The molecule has 1 aromatic rings. The summed E-state index contributed by atoms with van der Waals surface area (Å²) in [6.07, 6.45) is 1.92. The smallest absolute Gasteiger partial charge is 0.209 e. The van der Waals surface area contributed by atoms with Gasteiger partial charge in [-0.2, -0.15) is 0 Å². The van der Waals surface area contributed by atoms with Gasteiger partial charge in [0.2, 0.25) is 6.41 Å². The summed E-state index contributed by atoms with van der Waals surface area (Å²) >= 11 is 0. The zero-order valence-electron chi connectivity index (χ0n) is 14.7. The van der Waals surface area contributed by atoms with Crippen LogP contribution < -0.4 is 14.8 Å². The molecule has 0 atom stereocenters. The van der Waals surface area contributed by atoms with Crippen molar-refractivity contribution in [2.75, 3.05) is 61.0 Å². The van der Waals surface area contributed by atoms with Crippen LogP contribution in [0.5, 0.6) is 11.5 Å². The molecule has 0 radical (unpaired) electrons. The summed E-state index contributed by atoms with van der Waals surface area (Å²) in [7, 11) is 7.31. The standard InChI is InChI=1S/C11H17NO2.C6H12N2O/c1-12-7-6-9-4-5-10(13-2)11(8-9)14-3;1-7-2-4-8(6-9)5-3-7/h4-5,8,12H,6-7H2,1-3H3;6H,2-5H2,1H3. The summed E-state index contributed by atoms with van der Waals surface area (Å²) in [5.41, 5.74) is 1.25. The van der Waals surface area contributed by atoms with E-state index in [1.54, 1.807) is 19.1 Å². The first-order chi connectivity index (χ1) is 11.1. The predicted octanol–water partition coefficient (Wildman–Crippen LogP) is 0.856. The zero-order chi connectivity index (χ0) is 17.1. The second kappa shape index (κ2) is 10.9. The molecule has 1 heterocycles. The molecular formula is C17H29N3O3. The average Bonchev–Trinajstić information content (AvgIpc) is 2.60. The maximum absolute atomic E-state index is 10.2. The molecule has 130 valence electrons. The number of benzene rings is 1. The highest BCUT2D eigenvalue weighted by Crippen LogP contribution is 2.27. The fraction of sp³-hybridized carbons (Fsp3) is 0.588. The Kier molecular flexibility index (Phi) is 9.09. The first-order valence-corrected chi connectivity index (χ1v) is 7.88. The number of nitrogens with one attached hydrogen (secondary N) is 1. The predicted molar refractivity (Wildman–Crippen MR) is 92.3 cm³/mol. The Bertz CT molecular complexity index is 460. The molecule has 1 N–H and O–H groups in total. The van der Waals surface area contributed by atoms with Crippen LogP contribution in [0.4, 0.5) is 0 Å². The number of piperazine rings is 1. The van der Waals surface area contributed by atoms with Crippen molar-refractivity contribution in [3.05, 3.63) is 23.8 Å². The van der Waals surface area contributed by atoms with Crippen molar-refractivity contribution in [3.8, 4) is 11.5 Å². The summed E-state index contributed by atoms with van der Waals surface area (Å²) < 4.78 is 10.4. The summed E-state index contributed by atoms with van der Waals surface area (Å²) in [6, 6.07) is 6.00. The number of hydrogen-bond acceptors (Lipinski definition) is 5. The molecule has 0 aliphatic carbocycles. The molecule has 0 spiro atoms. The largest absolute Gasteiger partial charge is 0.493 e. The van der Waals surface area contributed by atoms with E-state index in [1.807, 2.05) is 19.2 Å². The zero-order valence-corrected chi connectivity index (χ0v) is 14.7. The molecule has 1 aromatic carbocycles. The summed E-state index contributed by atoms with van der Waals surface area (Å²) in [6.45, 7) is 4.77. The van der Waals surface area contributed by atoms with E-state index in [2.05, 4.69) is 23.3 Å². The molecule has 0 saturated carbocycles. The molecular weight excluding hydrogens is 294 g/mol. The first-order valence-electron chi connectivity index (χ1n) is 7.88. The first kappa shape index (κ1) is 19.3. The van der Waals surface area contributed by atoms with Crippen LogP contribution in [-0.4, -0.2) is 77.2 Å². The second-order valence-corrected chi connectivity index (χ2v) is 5.49. The van der Waals surface area contributed by atoms with Gasteiger partial charge >= 0.3 is 0 Å². The average molecular weight is 323 g/mol. The highest BCUT2D eigenvalue weighted by Gasteiger charge is 2.10. The van der Waals surface area contributed by atoms with Crippen LogP contribution in [0.15, 0.2) is 18.2 Å². The van der Waals surface area contributed by atoms with Crippen molar-refractivity contribution < 1.29 is 14.3 Å². The third kappa shape index (κ3) is 6.88. The Morgan fingerprint density at radius 2 is 1.78 bits per heavy atom. The molecule has 1 aliphatic rings. The van der Waals surface area contributed by atoms with E-state index >= 15 is 0 Å². The Morgan fingerprint density at radius 3 is 2.30 bits per heavy atom. The van der Waals surface area contributed by atoms with Gasteiger partial charge in [-0.1, -0.05) is 6.07 Å². The molecule has 1 amide bonds. The number of amides is 1. The quantitative estimate of drug-likeness (QED) is 0.787. The Labute approximate surface area is 139 Å². The number of carbonyl (C=O) groups excluding carboxylic acids is 1. The van der Waals surface area contributed by atoms with Crippen LogP contribution >= 0.6 is 0 Å². The van der Waals surface area contributed by atoms with Gasteiger partial charge in [-0.05, 0) is 44.8 Å². The van der Waals surface area contributed by atoms with Crippen molar-refractivity contribution in [1.29, 1.82) is 0 Å². The number of ether oxygens (including phenoxy) is 2. The Balaban J connectivity index is 0.000000253. The topological polar surface area (TPSA) is 54.0 Å². The molecule has 1 aliphatic heterocycles. The lowest BCUT2D eigenvalue weighted by atomic mass is 10.1. The maximum atomic E-state index is 10.2. The van der Waals surface area contributed by atoms with Gasteiger partial charge in [0, 0.05) is 26.2 Å². The lowest BCUT2D eigenvalue weighted by Crippen LogP contribution is -2.43. The molecule has 0 aromatic heterocycles. The van der Waals surface area contributed by atoms with Gasteiger partial charge in [-0.25, -0.2) is 0 Å². The van der Waals surface area contributed by atoms with Gasteiger partial charge in [0.05, 0.1) is 14.2 Å². The SMILES string of the molecule is CN1CCN(C=O)CC1.CNCCc1ccc(OC)c(OC)c1. The van der Waals surface area contributed by atoms with Gasteiger partial charge in [0.25, 0.3) is 0 Å². The minimum atomic E-state index is 0.778. The van der Waals surface area contributed by atoms with Crippen molar-refractivity contribution in [3.63, 3.8) is 0 Å². The molecule has 0 bridgehead atoms. The van der Waals surface area contributed by atoms with Crippen LogP contribution in [0.3, 0.4) is 0 Å². The number of rotatable bonds is 6. The Morgan fingerprint density at radius 1 is 1.13 bits per heavy atom. The highest BCUT2D eigenvalue weighted by molar-refractivity contribution is 5.47. The molecule has 23 heavy (non-hydrogen) atoms. The van der Waals surface area contributed by atoms with Crippen LogP contribution in [-0.2, 0) is 11.2 Å². The van der Waals surface area contributed by atoms with E-state index < -0.39 is 0 Å². The Hall–Kier alpha value is -1.79. The van der Waals surface area contributed by atoms with E-state index in [1.165, 1.54) is 5.56 Å². The highest BCUT2D eigenvalue weighted by atomic mass is 16.5. The third-order valence-corrected chi connectivity index (χ3v) is 3.80. The molecule has 2 rings (SSSR count). The van der Waals surface area contributed by atoms with E-state index in [4.69, 9.17) is 9.47 Å². The molecule has 1 saturated heterocycles. The van der Waals surface area contributed by atoms with Crippen molar-refractivity contribution in [2.45, 2.75) is 6.42 Å². The summed E-state index contributed by atoms with van der Waals surface area (Å²) in [5, 5.41) is 3.11. The fourth-order valence-corrected chi connectivity index (χ4v) is 2.23. The summed E-state index contributed by atoms with van der Waals surface area (Å²) in [4.78, 5) is 14.2. The minimum Gasteiger partial charge on any atom is -0.493 e. The van der Waals surface area contributed by atoms with Crippen LogP contribution in [0.1, 0.15) is 5.56 Å². The lowest BCUT2D eigenvalue weighted by Gasteiger charge is -2.29. The van der Waals surface area contributed by atoms with Gasteiger partial charge in [0.15, 0.2) is 11.5 Å². The molecule has 6 heteroatoms. The lowest BCUT2D eigenvalue weighted by molar-refractivity contribution is -0.119. The summed E-state index contributed by atoms with van der Waals surface area (Å²) in [5.74, 6) is 1.57. The number of nitrogens with zero attached hydrogens (tertiary/aromatic N) is 2. The van der Waals surface area contributed by atoms with Crippen LogP contribution in [0.25, 0.3) is 0 Å². The van der Waals surface area contributed by atoms with E-state index in [0.29, 0.717) is 0 Å².